The summed E-state index contributed by atoms with van der Waals surface area (Å²) in [4.78, 5) is 21.7. The molecule has 0 spiro atoms. The zero-order chi connectivity index (χ0) is 18.1. The van der Waals surface area contributed by atoms with Gasteiger partial charge in [0.15, 0.2) is 0 Å². The van der Waals surface area contributed by atoms with E-state index in [0.29, 0.717) is 32.0 Å². The van der Waals surface area contributed by atoms with Crippen LogP contribution in [0.2, 0.25) is 10.0 Å². The maximum absolute atomic E-state index is 12.8. The minimum absolute atomic E-state index is 0.286. The zero-order valence-electron chi connectivity index (χ0n) is 13.2. The number of fused-ring (bicyclic) bond motifs is 1. The molecule has 0 bridgehead atoms. The number of benzene rings is 2. The van der Waals surface area contributed by atoms with Crippen LogP contribution in [0.5, 0.6) is 0 Å². The smallest absolute Gasteiger partial charge is 0.257 e. The summed E-state index contributed by atoms with van der Waals surface area (Å²) in [5, 5.41) is 4.33. The highest BCUT2D eigenvalue weighted by atomic mass is 35.5. The number of carbonyl (C=O) groups excluding carboxylic acids is 1. The van der Waals surface area contributed by atoms with E-state index in [-0.39, 0.29) is 5.91 Å². The first kappa shape index (κ1) is 17.0. The lowest BCUT2D eigenvalue weighted by Crippen LogP contribution is -2.13. The Balaban J connectivity index is 1.70. The van der Waals surface area contributed by atoms with Gasteiger partial charge in [-0.2, -0.15) is 0 Å². The third-order valence-electron chi connectivity index (χ3n) is 3.73. The third-order valence-corrected chi connectivity index (χ3v) is 5.51. The van der Waals surface area contributed by atoms with E-state index in [0.717, 1.165) is 10.2 Å². The number of hydrogen-bond acceptors (Lipinski definition) is 4. The molecule has 0 aliphatic carbocycles. The summed E-state index contributed by atoms with van der Waals surface area (Å²) < 4.78 is 1.05. The van der Waals surface area contributed by atoms with Crippen molar-refractivity contribution in [2.24, 2.45) is 0 Å². The van der Waals surface area contributed by atoms with E-state index < -0.39 is 0 Å². The molecular formula is C19H11Cl2N3OS. The molecule has 0 atom stereocenters. The van der Waals surface area contributed by atoms with Crippen molar-refractivity contribution in [2.75, 3.05) is 5.32 Å². The molecule has 4 nitrogen and oxygen atoms in total. The normalized spacial score (nSPS) is 10.8. The minimum atomic E-state index is -0.286. The Hall–Kier alpha value is -2.47. The van der Waals surface area contributed by atoms with Crippen molar-refractivity contribution in [1.82, 2.24) is 9.97 Å². The average Bonchev–Trinajstić information content (AvgIpc) is 3.09. The number of nitrogens with zero attached hydrogens (tertiary/aromatic N) is 2. The first-order chi connectivity index (χ1) is 12.6. The molecule has 7 heteroatoms. The Kier molecular flexibility index (Phi) is 4.59. The van der Waals surface area contributed by atoms with Gasteiger partial charge in [0.05, 0.1) is 25.8 Å². The lowest BCUT2D eigenvalue weighted by molar-refractivity contribution is 0.102. The largest absolute Gasteiger partial charge is 0.322 e. The van der Waals surface area contributed by atoms with Crippen molar-refractivity contribution >= 4 is 56.3 Å². The quantitative estimate of drug-likeness (QED) is 0.465. The highest BCUT2D eigenvalue weighted by molar-refractivity contribution is 7.21. The molecule has 0 saturated carbocycles. The molecule has 26 heavy (non-hydrogen) atoms. The maximum atomic E-state index is 12.8. The second kappa shape index (κ2) is 7.03. The van der Waals surface area contributed by atoms with Crippen LogP contribution in [0.3, 0.4) is 0 Å². The fraction of sp³-hybridized carbons (Fsp3) is 0. The summed E-state index contributed by atoms with van der Waals surface area (Å²) in [5.41, 5.74) is 2.43. The Labute approximate surface area is 163 Å². The van der Waals surface area contributed by atoms with Crippen LogP contribution >= 0.6 is 34.5 Å². The summed E-state index contributed by atoms with van der Waals surface area (Å²) in [6.45, 7) is 0. The summed E-state index contributed by atoms with van der Waals surface area (Å²) in [6.07, 6.45) is 1.65. The zero-order valence-corrected chi connectivity index (χ0v) is 15.6. The van der Waals surface area contributed by atoms with E-state index in [1.807, 2.05) is 24.3 Å². The number of carbonyl (C=O) groups is 1. The number of anilines is 1. The molecule has 2 aromatic carbocycles. The maximum Gasteiger partial charge on any atom is 0.257 e. The monoisotopic (exact) mass is 399 g/mol. The molecule has 1 N–H and O–H groups in total. The van der Waals surface area contributed by atoms with Gasteiger partial charge >= 0.3 is 0 Å². The summed E-state index contributed by atoms with van der Waals surface area (Å²) in [7, 11) is 0. The lowest BCUT2D eigenvalue weighted by atomic mass is 10.1. The van der Waals surface area contributed by atoms with Gasteiger partial charge in [-0.15, -0.1) is 11.3 Å². The predicted molar refractivity (Wildman–Crippen MR) is 107 cm³/mol. The first-order valence-electron chi connectivity index (χ1n) is 7.69. The van der Waals surface area contributed by atoms with Crippen molar-refractivity contribution in [3.05, 3.63) is 76.4 Å². The Morgan fingerprint density at radius 2 is 1.85 bits per heavy atom. The van der Waals surface area contributed by atoms with Gasteiger partial charge in [-0.25, -0.2) is 4.98 Å². The van der Waals surface area contributed by atoms with Crippen molar-refractivity contribution in [1.29, 1.82) is 0 Å². The molecule has 4 aromatic rings. The first-order valence-corrected chi connectivity index (χ1v) is 9.26. The molecule has 128 valence electrons. The van der Waals surface area contributed by atoms with E-state index in [1.54, 1.807) is 36.5 Å². The fourth-order valence-corrected chi connectivity index (χ4v) is 3.78. The van der Waals surface area contributed by atoms with Crippen LogP contribution in [-0.2, 0) is 0 Å². The highest BCUT2D eigenvalue weighted by Crippen LogP contribution is 2.31. The number of rotatable bonds is 3. The molecule has 0 unspecified atom stereocenters. The number of nitrogens with one attached hydrogen (secondary N) is 1. The van der Waals surface area contributed by atoms with Crippen LogP contribution in [0.4, 0.5) is 5.69 Å². The van der Waals surface area contributed by atoms with Crippen molar-refractivity contribution < 1.29 is 4.79 Å². The van der Waals surface area contributed by atoms with Crippen molar-refractivity contribution in [3.8, 4) is 10.7 Å². The number of thiazole rings is 1. The second-order valence-corrected chi connectivity index (χ2v) is 7.31. The molecule has 4 rings (SSSR count). The van der Waals surface area contributed by atoms with Gasteiger partial charge in [0, 0.05) is 11.9 Å². The minimum Gasteiger partial charge on any atom is -0.322 e. The SMILES string of the molecule is O=C(Nc1ccc(Cl)c(Cl)c1)c1cccnc1-c1nc2ccccc2s1. The second-order valence-electron chi connectivity index (χ2n) is 5.47. The fourth-order valence-electron chi connectivity index (χ4n) is 2.50. The van der Waals surface area contributed by atoms with E-state index in [9.17, 15) is 4.79 Å². The molecule has 0 saturated heterocycles. The Bertz CT molecular complexity index is 1090. The van der Waals surface area contributed by atoms with Crippen LogP contribution < -0.4 is 5.32 Å². The van der Waals surface area contributed by atoms with Gasteiger partial charge in [0.2, 0.25) is 0 Å². The summed E-state index contributed by atoms with van der Waals surface area (Å²) >= 11 is 13.4. The number of amides is 1. The number of para-hydroxylation sites is 1. The van der Waals surface area contributed by atoms with Crippen molar-refractivity contribution in [2.45, 2.75) is 0 Å². The van der Waals surface area contributed by atoms with Crippen LogP contribution in [0.15, 0.2) is 60.8 Å². The molecule has 2 aromatic heterocycles. The standard InChI is InChI=1S/C19H11Cl2N3OS/c20-13-8-7-11(10-14(13)21)23-18(25)12-4-3-9-22-17(12)19-24-15-5-1-2-6-16(15)26-19/h1-10H,(H,23,25). The molecule has 1 amide bonds. The van der Waals surface area contributed by atoms with Gasteiger partial charge in [-0.1, -0.05) is 35.3 Å². The number of pyridine rings is 1. The molecular weight excluding hydrogens is 389 g/mol. The summed E-state index contributed by atoms with van der Waals surface area (Å²) in [5.74, 6) is -0.286. The van der Waals surface area contributed by atoms with E-state index >= 15 is 0 Å². The van der Waals surface area contributed by atoms with Gasteiger partial charge in [-0.3, -0.25) is 9.78 Å². The van der Waals surface area contributed by atoms with Gasteiger partial charge in [0.25, 0.3) is 5.91 Å². The van der Waals surface area contributed by atoms with Gasteiger partial charge in [0.1, 0.15) is 10.7 Å². The highest BCUT2D eigenvalue weighted by Gasteiger charge is 2.17. The van der Waals surface area contributed by atoms with E-state index in [4.69, 9.17) is 23.2 Å². The van der Waals surface area contributed by atoms with Crippen molar-refractivity contribution in [3.63, 3.8) is 0 Å². The number of aromatic nitrogens is 2. The molecule has 0 aliphatic heterocycles. The Morgan fingerprint density at radius 1 is 1.00 bits per heavy atom. The number of hydrogen-bond donors (Lipinski definition) is 1. The number of halogens is 2. The van der Waals surface area contributed by atoms with Crippen LogP contribution in [0.1, 0.15) is 10.4 Å². The van der Waals surface area contributed by atoms with Gasteiger partial charge in [-0.05, 0) is 42.5 Å². The molecule has 0 fully saturated rings. The van der Waals surface area contributed by atoms with Crippen LogP contribution in [0, 0.1) is 0 Å². The average molecular weight is 400 g/mol. The van der Waals surface area contributed by atoms with Crippen LogP contribution in [0.25, 0.3) is 20.9 Å². The lowest BCUT2D eigenvalue weighted by Gasteiger charge is -2.08. The molecule has 0 radical (unpaired) electrons. The molecule has 0 aliphatic rings. The van der Waals surface area contributed by atoms with Crippen LogP contribution in [-0.4, -0.2) is 15.9 Å². The summed E-state index contributed by atoms with van der Waals surface area (Å²) in [6, 6.07) is 16.2. The third kappa shape index (κ3) is 3.29. The van der Waals surface area contributed by atoms with E-state index in [1.165, 1.54) is 11.3 Å². The molecule has 2 heterocycles. The Morgan fingerprint density at radius 3 is 2.65 bits per heavy atom. The van der Waals surface area contributed by atoms with E-state index in [2.05, 4.69) is 15.3 Å². The topological polar surface area (TPSA) is 54.9 Å². The van der Waals surface area contributed by atoms with Gasteiger partial charge < -0.3 is 5.32 Å². The predicted octanol–water partition coefficient (Wildman–Crippen LogP) is 5.92.